The maximum atomic E-state index is 13.0. The van der Waals surface area contributed by atoms with Crippen molar-refractivity contribution in [2.45, 2.75) is 32.4 Å². The zero-order valence-corrected chi connectivity index (χ0v) is 23.7. The van der Waals surface area contributed by atoms with Crippen molar-refractivity contribution in [1.82, 2.24) is 9.80 Å². The maximum Gasteiger partial charge on any atom is 0.289 e. The van der Waals surface area contributed by atoms with Crippen LogP contribution in [0.3, 0.4) is 0 Å². The molecule has 1 fully saturated rings. The molecule has 0 atom stereocenters. The fourth-order valence-electron chi connectivity index (χ4n) is 4.88. The number of carbonyl (C=O) groups is 1. The number of rotatable bonds is 8. The van der Waals surface area contributed by atoms with Gasteiger partial charge in [-0.1, -0.05) is 85.6 Å². The first-order valence-corrected chi connectivity index (χ1v) is 13.9. The quantitative estimate of drug-likeness (QED) is 0.223. The highest BCUT2D eigenvalue weighted by atomic mass is 35.5. The van der Waals surface area contributed by atoms with Gasteiger partial charge in [0.25, 0.3) is 5.91 Å². The van der Waals surface area contributed by atoms with Crippen molar-refractivity contribution in [3.8, 4) is 5.75 Å². The molecule has 0 unspecified atom stereocenters. The Hall–Kier alpha value is -3.25. The topological polar surface area (TPSA) is 45.9 Å². The second-order valence-corrected chi connectivity index (χ2v) is 11.2. The lowest BCUT2D eigenvalue weighted by molar-refractivity contribution is 0.0594. The maximum absolute atomic E-state index is 13.0. The van der Waals surface area contributed by atoms with E-state index in [4.69, 9.17) is 32.4 Å². The minimum absolute atomic E-state index is 0.0945. The second kappa shape index (κ2) is 11.9. The third-order valence-corrected chi connectivity index (χ3v) is 8.11. The van der Waals surface area contributed by atoms with Gasteiger partial charge in [-0.05, 0) is 53.1 Å². The number of hydrogen-bond acceptors (Lipinski definition) is 4. The predicted octanol–water partition coefficient (Wildman–Crippen LogP) is 7.45. The van der Waals surface area contributed by atoms with Gasteiger partial charge in [-0.15, -0.1) is 0 Å². The number of halogens is 2. The van der Waals surface area contributed by atoms with Gasteiger partial charge in [-0.2, -0.15) is 0 Å². The first-order valence-electron chi connectivity index (χ1n) is 13.1. The van der Waals surface area contributed by atoms with Crippen LogP contribution in [0.1, 0.15) is 46.9 Å². The Morgan fingerprint density at radius 2 is 1.54 bits per heavy atom. The van der Waals surface area contributed by atoms with Gasteiger partial charge in [0.15, 0.2) is 5.76 Å². The number of benzene rings is 3. The van der Waals surface area contributed by atoms with Gasteiger partial charge in [0, 0.05) is 38.1 Å². The van der Waals surface area contributed by atoms with E-state index in [1.165, 1.54) is 11.1 Å². The number of nitrogens with zero attached hydrogens (tertiary/aromatic N) is 2. The van der Waals surface area contributed by atoms with Crippen molar-refractivity contribution < 1.29 is 13.9 Å². The van der Waals surface area contributed by atoms with E-state index in [2.05, 4.69) is 55.1 Å². The highest BCUT2D eigenvalue weighted by Crippen LogP contribution is 2.32. The monoisotopic (exact) mass is 562 g/mol. The minimum atomic E-state index is -0.106. The van der Waals surface area contributed by atoms with Crippen LogP contribution < -0.4 is 4.74 Å². The molecule has 0 radical (unpaired) electrons. The summed E-state index contributed by atoms with van der Waals surface area (Å²) in [5.74, 6) is 1.62. The molecule has 0 aliphatic carbocycles. The molecule has 1 aromatic heterocycles. The van der Waals surface area contributed by atoms with Crippen LogP contribution in [-0.2, 0) is 18.6 Å². The number of amides is 1. The molecule has 1 amide bonds. The molecule has 1 aliphatic heterocycles. The van der Waals surface area contributed by atoms with Crippen LogP contribution >= 0.6 is 23.2 Å². The lowest BCUT2D eigenvalue weighted by Crippen LogP contribution is -2.48. The van der Waals surface area contributed by atoms with E-state index in [1.54, 1.807) is 12.1 Å². The molecule has 0 saturated carbocycles. The van der Waals surface area contributed by atoms with E-state index >= 15 is 0 Å². The molecule has 3 aromatic carbocycles. The Morgan fingerprint density at radius 1 is 0.846 bits per heavy atom. The summed E-state index contributed by atoms with van der Waals surface area (Å²) in [6, 6.07) is 27.9. The lowest BCUT2D eigenvalue weighted by Gasteiger charge is -2.34. The Morgan fingerprint density at radius 3 is 2.23 bits per heavy atom. The predicted molar refractivity (Wildman–Crippen MR) is 156 cm³/mol. The lowest BCUT2D eigenvalue weighted by atomic mass is 9.78. The van der Waals surface area contributed by atoms with Crippen LogP contribution in [0.15, 0.2) is 89.3 Å². The summed E-state index contributed by atoms with van der Waals surface area (Å²) >= 11 is 12.2. The van der Waals surface area contributed by atoms with Crippen LogP contribution in [0.25, 0.3) is 0 Å². The standard InChI is InChI=1S/C32H32Cl2N2O3/c1-32(2,24-6-4-3-5-7-24)25-9-11-26(12-10-25)38-22-27-13-15-30(39-27)31(37)36-18-16-35(17-19-36)21-23-8-14-28(33)29(34)20-23/h3-15,20H,16-19,21-22H2,1-2H3. The average molecular weight is 564 g/mol. The zero-order chi connectivity index (χ0) is 27.4. The van der Waals surface area contributed by atoms with Crippen molar-refractivity contribution >= 4 is 29.1 Å². The molecule has 7 heteroatoms. The summed E-state index contributed by atoms with van der Waals surface area (Å²) in [6.07, 6.45) is 0. The van der Waals surface area contributed by atoms with Gasteiger partial charge >= 0.3 is 0 Å². The fourth-order valence-corrected chi connectivity index (χ4v) is 5.20. The molecule has 5 rings (SSSR count). The minimum Gasteiger partial charge on any atom is -0.486 e. The first-order chi connectivity index (χ1) is 18.8. The van der Waals surface area contributed by atoms with Gasteiger partial charge < -0.3 is 14.1 Å². The van der Waals surface area contributed by atoms with Crippen molar-refractivity contribution in [3.05, 3.63) is 123 Å². The van der Waals surface area contributed by atoms with Gasteiger partial charge in [0.05, 0.1) is 10.0 Å². The number of furan rings is 1. The van der Waals surface area contributed by atoms with Crippen molar-refractivity contribution in [2.75, 3.05) is 26.2 Å². The van der Waals surface area contributed by atoms with Gasteiger partial charge in [0.1, 0.15) is 18.1 Å². The molecule has 1 aliphatic rings. The Balaban J connectivity index is 1.11. The van der Waals surface area contributed by atoms with E-state index in [-0.39, 0.29) is 17.9 Å². The number of hydrogen-bond donors (Lipinski definition) is 0. The number of ether oxygens (including phenoxy) is 1. The third-order valence-electron chi connectivity index (χ3n) is 7.37. The molecular formula is C32H32Cl2N2O3. The zero-order valence-electron chi connectivity index (χ0n) is 22.2. The summed E-state index contributed by atoms with van der Waals surface area (Å²) in [5, 5.41) is 1.12. The molecule has 2 heterocycles. The van der Waals surface area contributed by atoms with Gasteiger partial charge in [-0.25, -0.2) is 0 Å². The summed E-state index contributed by atoms with van der Waals surface area (Å²) in [7, 11) is 0. The average Bonchev–Trinajstić information content (AvgIpc) is 3.44. The highest BCUT2D eigenvalue weighted by molar-refractivity contribution is 6.42. The molecule has 39 heavy (non-hydrogen) atoms. The van der Waals surface area contributed by atoms with E-state index in [0.717, 1.165) is 30.9 Å². The van der Waals surface area contributed by atoms with Crippen molar-refractivity contribution in [1.29, 1.82) is 0 Å². The SMILES string of the molecule is CC(C)(c1ccccc1)c1ccc(OCc2ccc(C(=O)N3CCN(Cc4ccc(Cl)c(Cl)c4)CC3)o2)cc1. The summed E-state index contributed by atoms with van der Waals surface area (Å²) < 4.78 is 11.8. The largest absolute Gasteiger partial charge is 0.486 e. The number of carbonyl (C=O) groups excluding carboxylic acids is 1. The van der Waals surface area contributed by atoms with Crippen LogP contribution in [0, 0.1) is 0 Å². The molecule has 0 spiro atoms. The Bertz CT molecular complexity index is 1410. The Labute approximate surface area is 239 Å². The van der Waals surface area contributed by atoms with Crippen LogP contribution in [0.4, 0.5) is 0 Å². The molecular weight excluding hydrogens is 531 g/mol. The van der Waals surface area contributed by atoms with Crippen LogP contribution in [0.5, 0.6) is 5.75 Å². The molecule has 0 N–H and O–H groups in total. The van der Waals surface area contributed by atoms with Gasteiger partial charge in [0.2, 0.25) is 0 Å². The van der Waals surface area contributed by atoms with E-state index in [1.807, 2.05) is 41.3 Å². The van der Waals surface area contributed by atoms with Crippen LogP contribution in [-0.4, -0.2) is 41.9 Å². The molecule has 202 valence electrons. The van der Waals surface area contributed by atoms with Gasteiger partial charge in [-0.3, -0.25) is 9.69 Å². The molecule has 4 aromatic rings. The smallest absolute Gasteiger partial charge is 0.289 e. The van der Waals surface area contributed by atoms with E-state index in [9.17, 15) is 4.79 Å². The molecule has 0 bridgehead atoms. The second-order valence-electron chi connectivity index (χ2n) is 10.4. The van der Waals surface area contributed by atoms with Crippen molar-refractivity contribution in [2.24, 2.45) is 0 Å². The van der Waals surface area contributed by atoms with E-state index in [0.29, 0.717) is 34.7 Å². The van der Waals surface area contributed by atoms with Crippen molar-refractivity contribution in [3.63, 3.8) is 0 Å². The normalized spacial score (nSPS) is 14.4. The first kappa shape index (κ1) is 27.3. The Kier molecular flexibility index (Phi) is 8.31. The highest BCUT2D eigenvalue weighted by Gasteiger charge is 2.25. The summed E-state index contributed by atoms with van der Waals surface area (Å²) in [5.41, 5.74) is 3.48. The fraction of sp³-hybridized carbons (Fsp3) is 0.281. The number of piperazine rings is 1. The third kappa shape index (κ3) is 6.50. The van der Waals surface area contributed by atoms with E-state index < -0.39 is 0 Å². The molecule has 1 saturated heterocycles. The summed E-state index contributed by atoms with van der Waals surface area (Å²) in [6.45, 7) is 8.29. The molecule has 5 nitrogen and oxygen atoms in total. The van der Waals surface area contributed by atoms with Crippen LogP contribution in [0.2, 0.25) is 10.0 Å². The summed E-state index contributed by atoms with van der Waals surface area (Å²) in [4.78, 5) is 17.2.